The van der Waals surface area contributed by atoms with Crippen LogP contribution in [0.25, 0.3) is 11.0 Å². The molecule has 3 rings (SSSR count). The van der Waals surface area contributed by atoms with Crippen molar-refractivity contribution in [2.75, 3.05) is 0 Å². The summed E-state index contributed by atoms with van der Waals surface area (Å²) < 4.78 is 25.2. The van der Waals surface area contributed by atoms with Gasteiger partial charge in [0.1, 0.15) is 0 Å². The molecule has 2 atom stereocenters. The zero-order valence-corrected chi connectivity index (χ0v) is 19.5. The number of thioether (sulfide) groups is 1. The summed E-state index contributed by atoms with van der Waals surface area (Å²) in [5.74, 6) is -0.0505. The Morgan fingerprint density at radius 2 is 1.90 bits per heavy atom. The number of sulfonamides is 1. The SMILES string of the molecule is CCn1c(S[C@@H](C)C(=O)N[C@@H](C)CCc2ccccc2)nc2cc(S(N)(=O)=O)ccc21. The Morgan fingerprint density at radius 3 is 2.55 bits per heavy atom. The standard InChI is InChI=1S/C22H28N4O3S2/c1-4-26-20-13-12-18(31(23,28)29)14-19(20)25-22(26)30-16(3)21(27)24-15(2)10-11-17-8-6-5-7-9-17/h5-9,12-16H,4,10-11H2,1-3H3,(H,24,27)(H2,23,28,29)/t15-,16-/m0/s1. The van der Waals surface area contributed by atoms with Crippen molar-refractivity contribution in [3.8, 4) is 0 Å². The summed E-state index contributed by atoms with van der Waals surface area (Å²) in [6.45, 7) is 6.48. The number of aryl methyl sites for hydroxylation is 2. The Labute approximate surface area is 187 Å². The quantitative estimate of drug-likeness (QED) is 0.476. The minimum atomic E-state index is -3.80. The van der Waals surface area contributed by atoms with Gasteiger partial charge in [-0.1, -0.05) is 42.1 Å². The number of carbonyl (C=O) groups is 1. The molecular weight excluding hydrogens is 432 g/mol. The molecule has 3 aromatic rings. The molecule has 1 heterocycles. The molecule has 31 heavy (non-hydrogen) atoms. The van der Waals surface area contributed by atoms with Crippen LogP contribution in [0.2, 0.25) is 0 Å². The summed E-state index contributed by atoms with van der Waals surface area (Å²) in [5, 5.41) is 8.63. The van der Waals surface area contributed by atoms with Gasteiger partial charge in [0.15, 0.2) is 5.16 Å². The van der Waals surface area contributed by atoms with Gasteiger partial charge in [-0.05, 0) is 57.4 Å². The first kappa shape index (κ1) is 23.3. The predicted octanol–water partition coefficient (Wildman–Crippen LogP) is 3.32. The van der Waals surface area contributed by atoms with Crippen molar-refractivity contribution in [2.45, 2.75) is 61.5 Å². The fourth-order valence-electron chi connectivity index (χ4n) is 3.33. The molecule has 0 saturated heterocycles. The molecule has 0 aliphatic rings. The van der Waals surface area contributed by atoms with Crippen molar-refractivity contribution in [1.29, 1.82) is 0 Å². The third-order valence-electron chi connectivity index (χ3n) is 5.08. The second kappa shape index (κ2) is 9.84. The van der Waals surface area contributed by atoms with Gasteiger partial charge in [-0.2, -0.15) is 0 Å². The van der Waals surface area contributed by atoms with Crippen LogP contribution in [0.4, 0.5) is 0 Å². The van der Waals surface area contributed by atoms with E-state index in [-0.39, 0.29) is 22.1 Å². The van der Waals surface area contributed by atoms with Crippen molar-refractivity contribution in [2.24, 2.45) is 5.14 Å². The van der Waals surface area contributed by atoms with Crippen LogP contribution in [0.15, 0.2) is 58.6 Å². The van der Waals surface area contributed by atoms with Crippen LogP contribution in [0.5, 0.6) is 0 Å². The van der Waals surface area contributed by atoms with Crippen LogP contribution in [-0.4, -0.2) is 35.2 Å². The number of benzene rings is 2. The maximum atomic E-state index is 12.7. The van der Waals surface area contributed by atoms with E-state index in [1.54, 1.807) is 6.07 Å². The third kappa shape index (κ3) is 5.87. The maximum absolute atomic E-state index is 12.7. The molecule has 0 fully saturated rings. The number of nitrogens with one attached hydrogen (secondary N) is 1. The van der Waals surface area contributed by atoms with Gasteiger partial charge in [-0.3, -0.25) is 4.79 Å². The van der Waals surface area contributed by atoms with Crippen LogP contribution in [0.1, 0.15) is 32.8 Å². The highest BCUT2D eigenvalue weighted by molar-refractivity contribution is 8.00. The number of rotatable bonds is 9. The molecular formula is C22H28N4O3S2. The highest BCUT2D eigenvalue weighted by atomic mass is 32.2. The summed E-state index contributed by atoms with van der Waals surface area (Å²) in [6.07, 6.45) is 1.76. The van der Waals surface area contributed by atoms with Gasteiger partial charge in [-0.15, -0.1) is 0 Å². The number of aromatic nitrogens is 2. The molecule has 9 heteroatoms. The molecule has 0 unspecified atom stereocenters. The van der Waals surface area contributed by atoms with E-state index < -0.39 is 10.0 Å². The van der Waals surface area contributed by atoms with Crippen LogP contribution in [0.3, 0.4) is 0 Å². The van der Waals surface area contributed by atoms with Gasteiger partial charge in [0.25, 0.3) is 0 Å². The fourth-order valence-corrected chi connectivity index (χ4v) is 4.86. The average molecular weight is 461 g/mol. The smallest absolute Gasteiger partial charge is 0.238 e. The van der Waals surface area contributed by atoms with E-state index in [1.807, 2.05) is 43.5 Å². The number of carbonyl (C=O) groups excluding carboxylic acids is 1. The Balaban J connectivity index is 1.67. The molecule has 166 valence electrons. The number of primary sulfonamides is 1. The first-order chi connectivity index (χ1) is 14.7. The van der Waals surface area contributed by atoms with Crippen molar-refractivity contribution in [3.63, 3.8) is 0 Å². The minimum absolute atomic E-state index is 0.0235. The lowest BCUT2D eigenvalue weighted by molar-refractivity contribution is -0.120. The zero-order chi connectivity index (χ0) is 22.6. The van der Waals surface area contributed by atoms with Gasteiger partial charge in [0.2, 0.25) is 15.9 Å². The summed E-state index contributed by atoms with van der Waals surface area (Å²) >= 11 is 1.36. The highest BCUT2D eigenvalue weighted by Crippen LogP contribution is 2.28. The fraction of sp³-hybridized carbons (Fsp3) is 0.364. The maximum Gasteiger partial charge on any atom is 0.238 e. The number of imidazole rings is 1. The molecule has 1 aromatic heterocycles. The molecule has 2 aromatic carbocycles. The second-order valence-corrected chi connectivity index (χ2v) is 10.4. The largest absolute Gasteiger partial charge is 0.353 e. The van der Waals surface area contributed by atoms with Crippen molar-refractivity contribution < 1.29 is 13.2 Å². The number of nitrogens with zero attached hydrogens (tertiary/aromatic N) is 2. The third-order valence-corrected chi connectivity index (χ3v) is 7.08. The lowest BCUT2D eigenvalue weighted by atomic mass is 10.1. The lowest BCUT2D eigenvalue weighted by Gasteiger charge is -2.17. The number of amides is 1. The lowest BCUT2D eigenvalue weighted by Crippen LogP contribution is -2.38. The molecule has 0 aliphatic heterocycles. The van der Waals surface area contributed by atoms with Crippen LogP contribution in [-0.2, 0) is 27.8 Å². The van der Waals surface area contributed by atoms with E-state index in [9.17, 15) is 13.2 Å². The van der Waals surface area contributed by atoms with E-state index >= 15 is 0 Å². The number of nitrogens with two attached hydrogens (primary N) is 1. The van der Waals surface area contributed by atoms with Gasteiger partial charge in [0, 0.05) is 12.6 Å². The molecule has 0 saturated carbocycles. The van der Waals surface area contributed by atoms with E-state index in [0.29, 0.717) is 17.2 Å². The summed E-state index contributed by atoms with van der Waals surface area (Å²) in [6, 6.07) is 14.9. The van der Waals surface area contributed by atoms with Crippen LogP contribution in [0, 0.1) is 0 Å². The molecule has 0 bridgehead atoms. The Bertz CT molecular complexity index is 1160. The van der Waals surface area contributed by atoms with Gasteiger partial charge >= 0.3 is 0 Å². The van der Waals surface area contributed by atoms with E-state index in [2.05, 4.69) is 22.4 Å². The van der Waals surface area contributed by atoms with Gasteiger partial charge in [0.05, 0.1) is 21.2 Å². The van der Waals surface area contributed by atoms with Crippen molar-refractivity contribution in [3.05, 3.63) is 54.1 Å². The topological polar surface area (TPSA) is 107 Å². The monoisotopic (exact) mass is 460 g/mol. The molecule has 0 spiro atoms. The Kier molecular flexibility index (Phi) is 7.40. The number of fused-ring (bicyclic) bond motifs is 1. The summed E-state index contributed by atoms with van der Waals surface area (Å²) in [5.41, 5.74) is 2.60. The number of hydrogen-bond donors (Lipinski definition) is 2. The van der Waals surface area contributed by atoms with E-state index in [0.717, 1.165) is 18.4 Å². The van der Waals surface area contributed by atoms with Gasteiger partial charge < -0.3 is 9.88 Å². The number of hydrogen-bond acceptors (Lipinski definition) is 5. The molecule has 1 amide bonds. The van der Waals surface area contributed by atoms with Crippen molar-refractivity contribution in [1.82, 2.24) is 14.9 Å². The Morgan fingerprint density at radius 1 is 1.19 bits per heavy atom. The molecule has 7 nitrogen and oxygen atoms in total. The first-order valence-electron chi connectivity index (χ1n) is 10.2. The second-order valence-electron chi connectivity index (χ2n) is 7.53. The highest BCUT2D eigenvalue weighted by Gasteiger charge is 2.21. The summed E-state index contributed by atoms with van der Waals surface area (Å²) in [4.78, 5) is 17.3. The van der Waals surface area contributed by atoms with E-state index in [1.165, 1.54) is 29.5 Å². The minimum Gasteiger partial charge on any atom is -0.353 e. The van der Waals surface area contributed by atoms with E-state index in [4.69, 9.17) is 5.14 Å². The van der Waals surface area contributed by atoms with Crippen molar-refractivity contribution >= 4 is 38.7 Å². The van der Waals surface area contributed by atoms with Crippen LogP contribution < -0.4 is 10.5 Å². The first-order valence-corrected chi connectivity index (χ1v) is 12.7. The zero-order valence-electron chi connectivity index (χ0n) is 17.9. The van der Waals surface area contributed by atoms with Gasteiger partial charge in [-0.25, -0.2) is 18.5 Å². The van der Waals surface area contributed by atoms with Crippen LogP contribution >= 0.6 is 11.8 Å². The normalized spacial score (nSPS) is 13.8. The molecule has 3 N–H and O–H groups in total. The Hall–Kier alpha value is -2.36. The summed E-state index contributed by atoms with van der Waals surface area (Å²) in [7, 11) is -3.80. The molecule has 0 aliphatic carbocycles. The predicted molar refractivity (Wildman–Crippen MR) is 124 cm³/mol. The molecule has 0 radical (unpaired) electrons. The average Bonchev–Trinajstić information content (AvgIpc) is 3.08.